The lowest BCUT2D eigenvalue weighted by atomic mass is 10.0. The standard InChI is InChI=1S/C18H23NO4S/c20-18(21)14-7-2-1-4-9-15-10-8-13-17(15)19-24(22,23)16-11-5-3-6-12-16/h1,3-6,8,10-12,15,17,19H,2,7,9,13-14H2,(H,20,21)/b4-1-. The largest absolute Gasteiger partial charge is 0.481 e. The van der Waals surface area contributed by atoms with Crippen LogP contribution < -0.4 is 4.72 Å². The summed E-state index contributed by atoms with van der Waals surface area (Å²) in [4.78, 5) is 10.7. The lowest BCUT2D eigenvalue weighted by Gasteiger charge is -2.19. The molecule has 0 aromatic heterocycles. The first-order valence-electron chi connectivity index (χ1n) is 8.10. The summed E-state index contributed by atoms with van der Waals surface area (Å²) in [5.41, 5.74) is 0. The molecule has 0 fully saturated rings. The molecule has 130 valence electrons. The zero-order valence-corrected chi connectivity index (χ0v) is 14.3. The molecule has 1 aliphatic carbocycles. The highest BCUT2D eigenvalue weighted by molar-refractivity contribution is 7.89. The monoisotopic (exact) mass is 349 g/mol. The maximum atomic E-state index is 12.4. The number of benzene rings is 1. The zero-order chi connectivity index (χ0) is 17.4. The summed E-state index contributed by atoms with van der Waals surface area (Å²) in [6.45, 7) is 0. The molecule has 5 nitrogen and oxygen atoms in total. The van der Waals surface area contributed by atoms with Crippen molar-refractivity contribution in [1.82, 2.24) is 4.72 Å². The van der Waals surface area contributed by atoms with Gasteiger partial charge in [-0.15, -0.1) is 0 Å². The Morgan fingerprint density at radius 2 is 2.00 bits per heavy atom. The molecular formula is C18H23NO4S. The highest BCUT2D eigenvalue weighted by Crippen LogP contribution is 2.24. The van der Waals surface area contributed by atoms with Crippen molar-refractivity contribution < 1.29 is 18.3 Å². The summed E-state index contributed by atoms with van der Waals surface area (Å²) in [7, 11) is -3.50. The van der Waals surface area contributed by atoms with Crippen LogP contribution in [0.3, 0.4) is 0 Å². The second-order valence-electron chi connectivity index (χ2n) is 5.86. The first-order valence-corrected chi connectivity index (χ1v) is 9.58. The SMILES string of the molecule is O=C(O)CCC/C=C\CC1C=CCC1NS(=O)(=O)c1ccccc1. The van der Waals surface area contributed by atoms with Crippen molar-refractivity contribution in [3.8, 4) is 0 Å². The van der Waals surface area contributed by atoms with Gasteiger partial charge in [-0.2, -0.15) is 0 Å². The Labute approximate surface area is 143 Å². The fourth-order valence-electron chi connectivity index (χ4n) is 2.70. The third kappa shape index (κ3) is 5.62. The van der Waals surface area contributed by atoms with E-state index in [9.17, 15) is 13.2 Å². The van der Waals surface area contributed by atoms with Gasteiger partial charge in [0.2, 0.25) is 10.0 Å². The fourth-order valence-corrected chi connectivity index (χ4v) is 4.02. The minimum Gasteiger partial charge on any atom is -0.481 e. The molecule has 0 saturated heterocycles. The van der Waals surface area contributed by atoms with Gasteiger partial charge in [0.05, 0.1) is 4.90 Å². The van der Waals surface area contributed by atoms with Crippen LogP contribution in [-0.4, -0.2) is 25.5 Å². The second kappa shape index (κ2) is 8.80. The number of carboxylic acids is 1. The number of carboxylic acid groups (broad SMARTS) is 1. The molecule has 2 atom stereocenters. The molecule has 0 spiro atoms. The van der Waals surface area contributed by atoms with Crippen LogP contribution in [0.2, 0.25) is 0 Å². The molecule has 0 heterocycles. The third-order valence-electron chi connectivity index (χ3n) is 3.99. The quantitative estimate of drug-likeness (QED) is 0.530. The molecule has 24 heavy (non-hydrogen) atoms. The molecule has 0 radical (unpaired) electrons. The van der Waals surface area contributed by atoms with Gasteiger partial charge in [0.15, 0.2) is 0 Å². The van der Waals surface area contributed by atoms with Crippen LogP contribution in [0, 0.1) is 5.92 Å². The number of aliphatic carboxylic acids is 1. The minimum absolute atomic E-state index is 0.124. The van der Waals surface area contributed by atoms with Crippen molar-refractivity contribution in [3.05, 3.63) is 54.6 Å². The summed E-state index contributed by atoms with van der Waals surface area (Å²) in [5, 5.41) is 8.58. The van der Waals surface area contributed by atoms with Gasteiger partial charge in [0, 0.05) is 12.5 Å². The molecule has 0 saturated carbocycles. The Kier molecular flexibility index (Phi) is 6.75. The van der Waals surface area contributed by atoms with Gasteiger partial charge < -0.3 is 5.11 Å². The van der Waals surface area contributed by atoms with Gasteiger partial charge in [-0.1, -0.05) is 42.5 Å². The van der Waals surface area contributed by atoms with Crippen LogP contribution in [0.25, 0.3) is 0 Å². The summed E-state index contributed by atoms with van der Waals surface area (Å²) in [6.07, 6.45) is 11.0. The number of nitrogens with one attached hydrogen (secondary N) is 1. The molecule has 2 N–H and O–H groups in total. The second-order valence-corrected chi connectivity index (χ2v) is 7.58. The molecule has 1 aromatic carbocycles. The fraction of sp³-hybridized carbons (Fsp3) is 0.389. The van der Waals surface area contributed by atoms with E-state index in [0.717, 1.165) is 12.8 Å². The highest BCUT2D eigenvalue weighted by Gasteiger charge is 2.27. The number of allylic oxidation sites excluding steroid dienone is 2. The predicted molar refractivity (Wildman–Crippen MR) is 93.0 cm³/mol. The molecule has 0 aliphatic heterocycles. The summed E-state index contributed by atoms with van der Waals surface area (Å²) < 4.78 is 27.6. The smallest absolute Gasteiger partial charge is 0.303 e. The minimum atomic E-state index is -3.50. The lowest BCUT2D eigenvalue weighted by Crippen LogP contribution is -2.37. The van der Waals surface area contributed by atoms with Crippen molar-refractivity contribution in [2.24, 2.45) is 5.92 Å². The Morgan fingerprint density at radius 1 is 1.25 bits per heavy atom. The normalized spacial score (nSPS) is 20.7. The van der Waals surface area contributed by atoms with Gasteiger partial charge in [-0.25, -0.2) is 13.1 Å². The van der Waals surface area contributed by atoms with Gasteiger partial charge in [-0.05, 0) is 43.7 Å². The summed E-state index contributed by atoms with van der Waals surface area (Å²) in [6, 6.07) is 8.23. The number of hydrogen-bond donors (Lipinski definition) is 2. The van der Waals surface area contributed by atoms with Crippen molar-refractivity contribution in [2.75, 3.05) is 0 Å². The average molecular weight is 349 g/mol. The zero-order valence-electron chi connectivity index (χ0n) is 13.5. The van der Waals surface area contributed by atoms with Crippen LogP contribution in [0.1, 0.15) is 32.1 Å². The Hall–Kier alpha value is -1.92. The Bertz CT molecular complexity index is 695. The van der Waals surface area contributed by atoms with E-state index in [1.54, 1.807) is 30.3 Å². The summed E-state index contributed by atoms with van der Waals surface area (Å²) >= 11 is 0. The first-order chi connectivity index (χ1) is 11.5. The first kappa shape index (κ1) is 18.4. The van der Waals surface area contributed by atoms with Crippen LogP contribution in [0.15, 0.2) is 59.5 Å². The molecule has 0 bridgehead atoms. The van der Waals surface area contributed by atoms with Crippen molar-refractivity contribution in [3.63, 3.8) is 0 Å². The topological polar surface area (TPSA) is 83.5 Å². The van der Waals surface area contributed by atoms with Crippen LogP contribution in [0.5, 0.6) is 0 Å². The predicted octanol–water partition coefficient (Wildman–Crippen LogP) is 3.11. The number of sulfonamides is 1. The van der Waals surface area contributed by atoms with Crippen molar-refractivity contribution >= 4 is 16.0 Å². The molecule has 0 amide bonds. The Morgan fingerprint density at radius 3 is 2.71 bits per heavy atom. The van der Waals surface area contributed by atoms with E-state index in [-0.39, 0.29) is 23.3 Å². The lowest BCUT2D eigenvalue weighted by molar-refractivity contribution is -0.137. The van der Waals surface area contributed by atoms with Crippen LogP contribution in [-0.2, 0) is 14.8 Å². The number of rotatable bonds is 9. The van der Waals surface area contributed by atoms with E-state index in [0.29, 0.717) is 12.8 Å². The molecule has 2 rings (SSSR count). The van der Waals surface area contributed by atoms with Gasteiger partial charge in [0.25, 0.3) is 0 Å². The van der Waals surface area contributed by atoms with Crippen LogP contribution >= 0.6 is 0 Å². The summed E-state index contributed by atoms with van der Waals surface area (Å²) in [5.74, 6) is -0.656. The van der Waals surface area contributed by atoms with E-state index < -0.39 is 16.0 Å². The molecular weight excluding hydrogens is 326 g/mol. The molecule has 6 heteroatoms. The van der Waals surface area contributed by atoms with E-state index in [4.69, 9.17) is 5.11 Å². The van der Waals surface area contributed by atoms with E-state index >= 15 is 0 Å². The van der Waals surface area contributed by atoms with Gasteiger partial charge in [0.1, 0.15) is 0 Å². The number of carbonyl (C=O) groups is 1. The van der Waals surface area contributed by atoms with Crippen LogP contribution in [0.4, 0.5) is 0 Å². The molecule has 2 unspecified atom stereocenters. The molecule has 1 aromatic rings. The van der Waals surface area contributed by atoms with Gasteiger partial charge in [-0.3, -0.25) is 4.79 Å². The van der Waals surface area contributed by atoms with E-state index in [2.05, 4.69) is 4.72 Å². The van der Waals surface area contributed by atoms with Crippen molar-refractivity contribution in [1.29, 1.82) is 0 Å². The van der Waals surface area contributed by atoms with Gasteiger partial charge >= 0.3 is 5.97 Å². The van der Waals surface area contributed by atoms with E-state index in [1.807, 2.05) is 24.3 Å². The molecule has 1 aliphatic rings. The average Bonchev–Trinajstić information content (AvgIpc) is 2.98. The maximum Gasteiger partial charge on any atom is 0.303 e. The number of hydrogen-bond acceptors (Lipinski definition) is 3. The van der Waals surface area contributed by atoms with E-state index in [1.165, 1.54) is 0 Å². The number of unbranched alkanes of at least 4 members (excludes halogenated alkanes) is 1. The highest BCUT2D eigenvalue weighted by atomic mass is 32.2. The maximum absolute atomic E-state index is 12.4. The Balaban J connectivity index is 1.85. The van der Waals surface area contributed by atoms with Crippen molar-refractivity contribution in [2.45, 2.75) is 43.0 Å². The third-order valence-corrected chi connectivity index (χ3v) is 5.49.